The number of piperidine rings is 1. The molecule has 0 spiro atoms. The van der Waals surface area contributed by atoms with Gasteiger partial charge in [0.15, 0.2) is 0 Å². The fraction of sp³-hybridized carbons (Fsp3) is 0.500. The van der Waals surface area contributed by atoms with Crippen molar-refractivity contribution in [3.63, 3.8) is 0 Å². The summed E-state index contributed by atoms with van der Waals surface area (Å²) in [4.78, 5) is 30.7. The molecular weight excluding hydrogens is 252 g/mol. The van der Waals surface area contributed by atoms with Crippen molar-refractivity contribution in [3.05, 3.63) is 16.3 Å². The molecule has 9 nitrogen and oxygen atoms in total. The highest BCUT2D eigenvalue weighted by Crippen LogP contribution is 2.23. The Morgan fingerprint density at radius 2 is 2.37 bits per heavy atom. The van der Waals surface area contributed by atoms with Gasteiger partial charge in [0.1, 0.15) is 6.20 Å². The van der Waals surface area contributed by atoms with E-state index in [1.165, 1.54) is 0 Å². The number of nitrogen functional groups attached to an aromatic ring is 1. The molecule has 2 heterocycles. The van der Waals surface area contributed by atoms with E-state index in [1.807, 2.05) is 0 Å². The fourth-order valence-corrected chi connectivity index (χ4v) is 1.95. The number of nitro groups is 1. The molecular formula is C10H14N6O3. The lowest BCUT2D eigenvalue weighted by Crippen LogP contribution is -2.43. The van der Waals surface area contributed by atoms with Crippen molar-refractivity contribution in [2.24, 2.45) is 0 Å². The number of likely N-dealkylation sites (N-methyl/N-ethyl adjacent to an activating group) is 1. The van der Waals surface area contributed by atoms with Crippen LogP contribution >= 0.6 is 0 Å². The van der Waals surface area contributed by atoms with Crippen LogP contribution in [-0.4, -0.2) is 45.3 Å². The summed E-state index contributed by atoms with van der Waals surface area (Å²) in [6.45, 7) is 0.472. The second-order valence-corrected chi connectivity index (χ2v) is 4.37. The maximum atomic E-state index is 11.4. The Balaban J connectivity index is 2.16. The van der Waals surface area contributed by atoms with Gasteiger partial charge in [-0.25, -0.2) is 4.98 Å². The van der Waals surface area contributed by atoms with Gasteiger partial charge in [0.25, 0.3) is 0 Å². The van der Waals surface area contributed by atoms with Gasteiger partial charge in [0.2, 0.25) is 17.7 Å². The van der Waals surface area contributed by atoms with E-state index in [-0.39, 0.29) is 29.4 Å². The molecule has 1 atom stereocenters. The Bertz CT molecular complexity index is 520. The third kappa shape index (κ3) is 2.87. The van der Waals surface area contributed by atoms with Gasteiger partial charge in [-0.1, -0.05) is 0 Å². The number of nitrogens with zero attached hydrogens (tertiary/aromatic N) is 4. The van der Waals surface area contributed by atoms with E-state index >= 15 is 0 Å². The normalized spacial score (nSPS) is 19.3. The van der Waals surface area contributed by atoms with Crippen molar-refractivity contribution < 1.29 is 9.72 Å². The molecule has 1 aliphatic heterocycles. The highest BCUT2D eigenvalue weighted by Gasteiger charge is 2.26. The van der Waals surface area contributed by atoms with E-state index in [9.17, 15) is 14.9 Å². The molecule has 0 bridgehead atoms. The summed E-state index contributed by atoms with van der Waals surface area (Å²) < 4.78 is 0. The SMILES string of the molecule is CN1CC(Nc2nc(N)ncc2[N+](=O)[O-])CCC1=O. The molecule has 1 amide bonds. The third-order valence-corrected chi connectivity index (χ3v) is 2.95. The van der Waals surface area contributed by atoms with Crippen LogP contribution in [0.5, 0.6) is 0 Å². The number of nitrogens with two attached hydrogens (primary N) is 1. The number of likely N-dealkylation sites (tertiary alicyclic amines) is 1. The molecule has 9 heteroatoms. The summed E-state index contributed by atoms with van der Waals surface area (Å²) in [5, 5.41) is 13.8. The van der Waals surface area contributed by atoms with Crippen LogP contribution in [0.25, 0.3) is 0 Å². The van der Waals surface area contributed by atoms with Crippen molar-refractivity contribution in [3.8, 4) is 0 Å². The van der Waals surface area contributed by atoms with Crippen molar-refractivity contribution in [1.82, 2.24) is 14.9 Å². The number of carbonyl (C=O) groups is 1. The van der Waals surface area contributed by atoms with Crippen LogP contribution < -0.4 is 11.1 Å². The average molecular weight is 266 g/mol. The minimum atomic E-state index is -0.570. The zero-order chi connectivity index (χ0) is 14.0. The van der Waals surface area contributed by atoms with Gasteiger partial charge < -0.3 is 16.0 Å². The van der Waals surface area contributed by atoms with Crippen LogP contribution in [0.1, 0.15) is 12.8 Å². The zero-order valence-electron chi connectivity index (χ0n) is 10.4. The topological polar surface area (TPSA) is 127 Å². The van der Waals surface area contributed by atoms with Crippen molar-refractivity contribution in [1.29, 1.82) is 0 Å². The van der Waals surface area contributed by atoms with Crippen LogP contribution in [-0.2, 0) is 4.79 Å². The molecule has 1 saturated heterocycles. The number of hydrogen-bond acceptors (Lipinski definition) is 7. The first-order valence-corrected chi connectivity index (χ1v) is 5.75. The molecule has 1 unspecified atom stereocenters. The lowest BCUT2D eigenvalue weighted by atomic mass is 10.1. The van der Waals surface area contributed by atoms with E-state index in [0.717, 1.165) is 6.20 Å². The Morgan fingerprint density at radius 1 is 1.63 bits per heavy atom. The van der Waals surface area contributed by atoms with Gasteiger partial charge in [0.05, 0.1) is 4.92 Å². The summed E-state index contributed by atoms with van der Waals surface area (Å²) in [6, 6.07) is -0.0873. The third-order valence-electron chi connectivity index (χ3n) is 2.95. The smallest absolute Gasteiger partial charge is 0.329 e. The molecule has 0 radical (unpaired) electrons. The molecule has 0 aliphatic carbocycles. The number of nitrogens with one attached hydrogen (secondary N) is 1. The largest absolute Gasteiger partial charge is 0.368 e. The van der Waals surface area contributed by atoms with E-state index < -0.39 is 4.92 Å². The number of hydrogen-bond donors (Lipinski definition) is 2. The summed E-state index contributed by atoms with van der Waals surface area (Å²) in [5.74, 6) is 0.119. The van der Waals surface area contributed by atoms with Gasteiger partial charge in [0, 0.05) is 26.1 Å². The number of amides is 1. The Hall–Kier alpha value is -2.45. The van der Waals surface area contributed by atoms with Gasteiger partial charge >= 0.3 is 5.69 Å². The van der Waals surface area contributed by atoms with E-state index in [0.29, 0.717) is 19.4 Å². The molecule has 1 aromatic heterocycles. The van der Waals surface area contributed by atoms with Crippen molar-refractivity contribution >= 4 is 23.4 Å². The van der Waals surface area contributed by atoms with Crippen LogP contribution in [0.3, 0.4) is 0 Å². The summed E-state index contributed by atoms with van der Waals surface area (Å²) >= 11 is 0. The monoisotopic (exact) mass is 266 g/mol. The van der Waals surface area contributed by atoms with Crippen LogP contribution in [0.2, 0.25) is 0 Å². The number of carbonyl (C=O) groups excluding carboxylic acids is 1. The fourth-order valence-electron chi connectivity index (χ4n) is 1.95. The molecule has 1 aromatic rings. The molecule has 0 saturated carbocycles. The van der Waals surface area contributed by atoms with E-state index in [4.69, 9.17) is 5.73 Å². The standard InChI is InChI=1S/C10H14N6O3/c1-15-5-6(2-3-8(15)17)13-9-7(16(18)19)4-12-10(11)14-9/h4,6H,2-3,5H2,1H3,(H3,11,12,13,14). The van der Waals surface area contributed by atoms with Gasteiger partial charge in [-0.15, -0.1) is 0 Å². The van der Waals surface area contributed by atoms with Crippen LogP contribution in [0.4, 0.5) is 17.5 Å². The van der Waals surface area contributed by atoms with Gasteiger partial charge in [-0.3, -0.25) is 14.9 Å². The Morgan fingerprint density at radius 3 is 3.00 bits per heavy atom. The predicted molar refractivity (Wildman–Crippen MR) is 67.4 cm³/mol. The first-order valence-electron chi connectivity index (χ1n) is 5.75. The van der Waals surface area contributed by atoms with E-state index in [2.05, 4.69) is 15.3 Å². The first-order chi connectivity index (χ1) is 8.97. The molecule has 0 aromatic carbocycles. The molecule has 3 N–H and O–H groups in total. The van der Waals surface area contributed by atoms with Crippen molar-refractivity contribution in [2.45, 2.75) is 18.9 Å². The maximum Gasteiger partial charge on any atom is 0.329 e. The highest BCUT2D eigenvalue weighted by molar-refractivity contribution is 5.77. The van der Waals surface area contributed by atoms with Crippen molar-refractivity contribution in [2.75, 3.05) is 24.6 Å². The first kappa shape index (κ1) is 13.0. The maximum absolute atomic E-state index is 11.4. The van der Waals surface area contributed by atoms with Gasteiger partial charge in [-0.05, 0) is 6.42 Å². The summed E-state index contributed by atoms with van der Waals surface area (Å²) in [5.41, 5.74) is 5.20. The number of anilines is 2. The molecule has 19 heavy (non-hydrogen) atoms. The summed E-state index contributed by atoms with van der Waals surface area (Å²) in [6.07, 6.45) is 2.08. The Kier molecular flexibility index (Phi) is 3.45. The second-order valence-electron chi connectivity index (χ2n) is 4.37. The minimum Gasteiger partial charge on any atom is -0.368 e. The van der Waals surface area contributed by atoms with Gasteiger partial charge in [-0.2, -0.15) is 4.98 Å². The molecule has 1 aliphatic rings. The Labute approximate surface area is 109 Å². The number of rotatable bonds is 3. The second kappa shape index (κ2) is 5.04. The number of aromatic nitrogens is 2. The quantitative estimate of drug-likeness (QED) is 0.582. The minimum absolute atomic E-state index is 0.0339. The zero-order valence-corrected chi connectivity index (χ0v) is 10.4. The molecule has 1 fully saturated rings. The van der Waals surface area contributed by atoms with Crippen LogP contribution in [0, 0.1) is 10.1 Å². The molecule has 102 valence electrons. The van der Waals surface area contributed by atoms with Crippen LogP contribution in [0.15, 0.2) is 6.20 Å². The summed E-state index contributed by atoms with van der Waals surface area (Å²) in [7, 11) is 1.69. The van der Waals surface area contributed by atoms with E-state index in [1.54, 1.807) is 11.9 Å². The lowest BCUT2D eigenvalue weighted by molar-refractivity contribution is -0.384. The molecule has 2 rings (SSSR count). The lowest BCUT2D eigenvalue weighted by Gasteiger charge is -2.30. The highest BCUT2D eigenvalue weighted by atomic mass is 16.6. The average Bonchev–Trinajstić information content (AvgIpc) is 2.33. The predicted octanol–water partition coefficient (Wildman–Crippen LogP) is -0.000300.